The summed E-state index contributed by atoms with van der Waals surface area (Å²) in [6, 6.07) is 5.51. The molecule has 0 aromatic heterocycles. The van der Waals surface area contributed by atoms with Crippen LogP contribution in [0.2, 0.25) is 5.02 Å². The topological polar surface area (TPSA) is 20.2 Å². The lowest BCUT2D eigenvalue weighted by Crippen LogP contribution is -1.96. The predicted molar refractivity (Wildman–Crippen MR) is 59.0 cm³/mol. The molecule has 1 aromatic rings. The molecule has 0 heterocycles. The first-order valence-corrected chi connectivity index (χ1v) is 5.45. The van der Waals surface area contributed by atoms with Crippen molar-refractivity contribution in [2.45, 2.75) is 25.9 Å². The van der Waals surface area contributed by atoms with E-state index in [1.165, 1.54) is 0 Å². The van der Waals surface area contributed by atoms with Gasteiger partial charge in [0, 0.05) is 4.47 Å². The van der Waals surface area contributed by atoms with Crippen LogP contribution in [0.3, 0.4) is 0 Å². The minimum atomic E-state index is -0.376. The van der Waals surface area contributed by atoms with E-state index in [1.54, 1.807) is 6.07 Å². The van der Waals surface area contributed by atoms with E-state index in [-0.39, 0.29) is 6.10 Å². The molecule has 1 nitrogen and oxygen atoms in total. The fourth-order valence-corrected chi connectivity index (χ4v) is 1.67. The van der Waals surface area contributed by atoms with Crippen LogP contribution >= 0.6 is 27.5 Å². The van der Waals surface area contributed by atoms with Crippen LogP contribution in [-0.4, -0.2) is 5.11 Å². The summed E-state index contributed by atoms with van der Waals surface area (Å²) in [6.45, 7) is 2.05. The molecule has 0 aliphatic carbocycles. The van der Waals surface area contributed by atoms with E-state index in [0.717, 1.165) is 22.9 Å². The van der Waals surface area contributed by atoms with E-state index in [9.17, 15) is 5.11 Å². The average molecular weight is 264 g/mol. The molecule has 0 bridgehead atoms. The fourth-order valence-electron chi connectivity index (χ4n) is 1.16. The standard InChI is InChI=1S/C10H12BrClO/c1-2-3-10(13)7-4-5-9(12)8(11)6-7/h4-6,10,13H,2-3H2,1H3. The van der Waals surface area contributed by atoms with E-state index in [2.05, 4.69) is 15.9 Å². The number of hydrogen-bond acceptors (Lipinski definition) is 1. The van der Waals surface area contributed by atoms with Crippen molar-refractivity contribution in [1.29, 1.82) is 0 Å². The first-order valence-electron chi connectivity index (χ1n) is 4.28. The monoisotopic (exact) mass is 262 g/mol. The Morgan fingerprint density at radius 2 is 2.23 bits per heavy atom. The van der Waals surface area contributed by atoms with Crippen LogP contribution < -0.4 is 0 Å². The molecule has 1 unspecified atom stereocenters. The molecule has 0 aliphatic rings. The number of aliphatic hydroxyl groups excluding tert-OH is 1. The molecule has 0 spiro atoms. The van der Waals surface area contributed by atoms with E-state index in [1.807, 2.05) is 19.1 Å². The van der Waals surface area contributed by atoms with Crippen molar-refractivity contribution in [1.82, 2.24) is 0 Å². The van der Waals surface area contributed by atoms with Crippen molar-refractivity contribution in [2.24, 2.45) is 0 Å². The summed E-state index contributed by atoms with van der Waals surface area (Å²) in [5, 5.41) is 10.3. The van der Waals surface area contributed by atoms with Crippen LogP contribution in [0.25, 0.3) is 0 Å². The van der Waals surface area contributed by atoms with Gasteiger partial charge in [0.15, 0.2) is 0 Å². The zero-order valence-electron chi connectivity index (χ0n) is 7.43. The maximum absolute atomic E-state index is 9.67. The van der Waals surface area contributed by atoms with E-state index in [4.69, 9.17) is 11.6 Å². The minimum Gasteiger partial charge on any atom is -0.388 e. The zero-order valence-corrected chi connectivity index (χ0v) is 9.77. The lowest BCUT2D eigenvalue weighted by atomic mass is 10.1. The summed E-state index contributed by atoms with van der Waals surface area (Å²) in [6.07, 6.45) is 1.38. The minimum absolute atomic E-state index is 0.376. The van der Waals surface area contributed by atoms with Gasteiger partial charge in [-0.15, -0.1) is 0 Å². The van der Waals surface area contributed by atoms with Gasteiger partial charge < -0.3 is 5.11 Å². The lowest BCUT2D eigenvalue weighted by molar-refractivity contribution is 0.166. The molecule has 72 valence electrons. The van der Waals surface area contributed by atoms with Gasteiger partial charge in [0.05, 0.1) is 11.1 Å². The molecule has 0 fully saturated rings. The molecular weight excluding hydrogens is 251 g/mol. The van der Waals surface area contributed by atoms with Gasteiger partial charge in [-0.25, -0.2) is 0 Å². The second-order valence-electron chi connectivity index (χ2n) is 2.98. The van der Waals surface area contributed by atoms with Crippen LogP contribution in [0.4, 0.5) is 0 Å². The normalized spacial score (nSPS) is 12.9. The highest BCUT2D eigenvalue weighted by atomic mass is 79.9. The maximum atomic E-state index is 9.67. The maximum Gasteiger partial charge on any atom is 0.0790 e. The van der Waals surface area contributed by atoms with Crippen molar-refractivity contribution < 1.29 is 5.11 Å². The van der Waals surface area contributed by atoms with E-state index >= 15 is 0 Å². The molecular formula is C10H12BrClO. The Kier molecular flexibility index (Phi) is 4.23. The number of benzene rings is 1. The third-order valence-corrected chi connectivity index (χ3v) is 3.10. The average Bonchev–Trinajstić information content (AvgIpc) is 2.10. The van der Waals surface area contributed by atoms with Crippen molar-refractivity contribution in [3.8, 4) is 0 Å². The number of rotatable bonds is 3. The van der Waals surface area contributed by atoms with Gasteiger partial charge in [-0.05, 0) is 40.0 Å². The van der Waals surface area contributed by atoms with Crippen LogP contribution in [-0.2, 0) is 0 Å². The largest absolute Gasteiger partial charge is 0.388 e. The number of hydrogen-bond donors (Lipinski definition) is 1. The summed E-state index contributed by atoms with van der Waals surface area (Å²) >= 11 is 9.16. The second-order valence-corrected chi connectivity index (χ2v) is 4.24. The van der Waals surface area contributed by atoms with Crippen LogP contribution in [0.1, 0.15) is 31.4 Å². The Morgan fingerprint density at radius 3 is 2.77 bits per heavy atom. The number of halogens is 2. The molecule has 0 amide bonds. The highest BCUT2D eigenvalue weighted by Gasteiger charge is 2.07. The molecule has 1 N–H and O–H groups in total. The summed E-state index contributed by atoms with van der Waals surface area (Å²) in [5.41, 5.74) is 0.915. The lowest BCUT2D eigenvalue weighted by Gasteiger charge is -2.10. The highest BCUT2D eigenvalue weighted by Crippen LogP contribution is 2.27. The Hall–Kier alpha value is -0.0500. The summed E-state index contributed by atoms with van der Waals surface area (Å²) in [5.74, 6) is 0. The smallest absolute Gasteiger partial charge is 0.0790 e. The first kappa shape index (κ1) is 11.0. The van der Waals surface area contributed by atoms with Gasteiger partial charge >= 0.3 is 0 Å². The first-order chi connectivity index (χ1) is 6.15. The molecule has 0 saturated carbocycles. The molecule has 13 heavy (non-hydrogen) atoms. The van der Waals surface area contributed by atoms with E-state index < -0.39 is 0 Å². The van der Waals surface area contributed by atoms with Crippen LogP contribution in [0, 0.1) is 0 Å². The Balaban J connectivity index is 2.84. The Bertz CT molecular complexity index is 288. The van der Waals surface area contributed by atoms with Crippen molar-refractivity contribution in [3.63, 3.8) is 0 Å². The molecule has 1 atom stereocenters. The third kappa shape index (κ3) is 2.97. The second kappa shape index (κ2) is 4.99. The van der Waals surface area contributed by atoms with E-state index in [0.29, 0.717) is 5.02 Å². The van der Waals surface area contributed by atoms with Gasteiger partial charge in [-0.3, -0.25) is 0 Å². The SMILES string of the molecule is CCCC(O)c1ccc(Cl)c(Br)c1. The van der Waals surface area contributed by atoms with Gasteiger partial charge in [0.25, 0.3) is 0 Å². The molecule has 1 aromatic carbocycles. The Morgan fingerprint density at radius 1 is 1.54 bits per heavy atom. The molecule has 0 radical (unpaired) electrons. The molecule has 3 heteroatoms. The van der Waals surface area contributed by atoms with Crippen LogP contribution in [0.15, 0.2) is 22.7 Å². The molecule has 0 saturated heterocycles. The molecule has 0 aliphatic heterocycles. The van der Waals surface area contributed by atoms with Crippen LogP contribution in [0.5, 0.6) is 0 Å². The third-order valence-electron chi connectivity index (χ3n) is 1.89. The summed E-state index contributed by atoms with van der Waals surface area (Å²) in [4.78, 5) is 0. The van der Waals surface area contributed by atoms with Gasteiger partial charge in [-0.1, -0.05) is 31.0 Å². The van der Waals surface area contributed by atoms with Crippen molar-refractivity contribution >= 4 is 27.5 Å². The fraction of sp³-hybridized carbons (Fsp3) is 0.400. The highest BCUT2D eigenvalue weighted by molar-refractivity contribution is 9.10. The number of aliphatic hydroxyl groups is 1. The quantitative estimate of drug-likeness (QED) is 0.876. The molecule has 1 rings (SSSR count). The van der Waals surface area contributed by atoms with Crippen molar-refractivity contribution in [2.75, 3.05) is 0 Å². The zero-order chi connectivity index (χ0) is 9.84. The predicted octanol–water partition coefficient (Wildman–Crippen LogP) is 3.94. The summed E-state index contributed by atoms with van der Waals surface area (Å²) in [7, 11) is 0. The van der Waals surface area contributed by atoms with Gasteiger partial charge in [0.1, 0.15) is 0 Å². The van der Waals surface area contributed by atoms with Gasteiger partial charge in [-0.2, -0.15) is 0 Å². The van der Waals surface area contributed by atoms with Gasteiger partial charge in [0.2, 0.25) is 0 Å². The Labute approximate surface area is 91.9 Å². The van der Waals surface area contributed by atoms with Crippen molar-refractivity contribution in [3.05, 3.63) is 33.3 Å². The summed E-state index contributed by atoms with van der Waals surface area (Å²) < 4.78 is 0.835.